The van der Waals surface area contributed by atoms with Crippen molar-refractivity contribution in [2.45, 2.75) is 84.7 Å². The largest absolute Gasteiger partial charge is 0.352 e. The third-order valence-corrected chi connectivity index (χ3v) is 7.71. The van der Waals surface area contributed by atoms with Gasteiger partial charge in [0, 0.05) is 24.3 Å². The lowest BCUT2D eigenvalue weighted by Gasteiger charge is -2.23. The van der Waals surface area contributed by atoms with Gasteiger partial charge in [0.2, 0.25) is 33.7 Å². The Bertz CT molecular complexity index is 1230. The predicted octanol–water partition coefficient (Wildman–Crippen LogP) is 7.56. The molecule has 3 aromatic rings. The van der Waals surface area contributed by atoms with E-state index in [1.165, 1.54) is 44.6 Å². The Kier molecular flexibility index (Phi) is 13.6. The summed E-state index contributed by atoms with van der Waals surface area (Å²) in [6.07, 6.45) is 9.74. The number of benzene rings is 1. The van der Waals surface area contributed by atoms with Gasteiger partial charge in [-0.2, -0.15) is 29.9 Å². The molecule has 1 saturated carbocycles. The van der Waals surface area contributed by atoms with Crippen molar-refractivity contribution in [3.8, 4) is 0 Å². The minimum absolute atomic E-state index is 0. The molecule has 1 atom stereocenters. The molecule has 0 bridgehead atoms. The van der Waals surface area contributed by atoms with Crippen molar-refractivity contribution in [2.75, 3.05) is 35.6 Å². The summed E-state index contributed by atoms with van der Waals surface area (Å²) in [5.74, 6) is 1.29. The Balaban J connectivity index is 0.000000415. The van der Waals surface area contributed by atoms with Gasteiger partial charge in [-0.1, -0.05) is 46.1 Å². The molecule has 2 aromatic heterocycles. The van der Waals surface area contributed by atoms with Gasteiger partial charge in [-0.25, -0.2) is 4.39 Å². The molecule has 5 rings (SSSR count). The Morgan fingerprint density at radius 2 is 1.45 bits per heavy atom. The number of hydrogen-bond donors (Lipinski definition) is 3. The molecule has 230 valence electrons. The van der Waals surface area contributed by atoms with Gasteiger partial charge in [-0.3, -0.25) is 4.90 Å². The van der Waals surface area contributed by atoms with Gasteiger partial charge < -0.3 is 16.0 Å². The maximum Gasteiger partial charge on any atom is 0.233 e. The van der Waals surface area contributed by atoms with Crippen LogP contribution < -0.4 is 16.0 Å². The second-order valence-corrected chi connectivity index (χ2v) is 11.2. The number of aryl methyl sites for hydroxylation is 1. The summed E-state index contributed by atoms with van der Waals surface area (Å²) in [5.41, 5.74) is 1.24. The molecule has 2 fully saturated rings. The van der Waals surface area contributed by atoms with Crippen LogP contribution in [0.5, 0.6) is 0 Å². The fourth-order valence-corrected chi connectivity index (χ4v) is 5.65. The van der Waals surface area contributed by atoms with Crippen molar-refractivity contribution < 1.29 is 4.39 Å². The number of hydrogen-bond acceptors (Lipinski definition) is 10. The summed E-state index contributed by atoms with van der Waals surface area (Å²) in [6, 6.07) is 5.94. The van der Waals surface area contributed by atoms with E-state index in [1.807, 2.05) is 6.07 Å². The smallest absolute Gasteiger partial charge is 0.233 e. The number of anilines is 4. The molecule has 14 heteroatoms. The molecule has 0 spiro atoms. The summed E-state index contributed by atoms with van der Waals surface area (Å²) in [6.45, 7) is 6.98. The van der Waals surface area contributed by atoms with E-state index in [4.69, 9.17) is 34.8 Å². The zero-order valence-electron chi connectivity index (χ0n) is 23.3. The lowest BCUT2D eigenvalue weighted by molar-refractivity contribution is 0.277. The lowest BCUT2D eigenvalue weighted by Crippen LogP contribution is -2.35. The minimum Gasteiger partial charge on any atom is -0.352 e. The normalized spacial score (nSPS) is 17.4. The maximum atomic E-state index is 14.0. The number of halogens is 4. The van der Waals surface area contributed by atoms with E-state index in [0.717, 1.165) is 32.5 Å². The van der Waals surface area contributed by atoms with Gasteiger partial charge in [0.05, 0.1) is 0 Å². The van der Waals surface area contributed by atoms with E-state index in [9.17, 15) is 4.39 Å². The Morgan fingerprint density at radius 3 is 2.07 bits per heavy atom. The van der Waals surface area contributed by atoms with E-state index < -0.39 is 0 Å². The first kappa shape index (κ1) is 33.9. The molecule has 0 radical (unpaired) electrons. The molecule has 1 aliphatic carbocycles. The van der Waals surface area contributed by atoms with Crippen LogP contribution in [0.15, 0.2) is 18.2 Å². The molecule has 1 saturated heterocycles. The van der Waals surface area contributed by atoms with Crippen LogP contribution in [0.25, 0.3) is 0 Å². The molecule has 1 aromatic carbocycles. The van der Waals surface area contributed by atoms with E-state index in [0.29, 0.717) is 41.2 Å². The molecule has 3 heterocycles. The molecule has 3 N–H and O–H groups in total. The van der Waals surface area contributed by atoms with E-state index >= 15 is 0 Å². The fraction of sp³-hybridized carbons (Fsp3) is 0.571. The Morgan fingerprint density at radius 1 is 0.833 bits per heavy atom. The van der Waals surface area contributed by atoms with Crippen molar-refractivity contribution in [3.63, 3.8) is 0 Å². The van der Waals surface area contributed by atoms with Gasteiger partial charge in [0.15, 0.2) is 0 Å². The molecule has 2 aliphatic rings. The molecular formula is C28H40Cl3FN10. The van der Waals surface area contributed by atoms with Crippen molar-refractivity contribution in [2.24, 2.45) is 0 Å². The van der Waals surface area contributed by atoms with E-state index in [-0.39, 0.29) is 29.1 Å². The second-order valence-electron chi connectivity index (χ2n) is 10.2. The quantitative estimate of drug-likeness (QED) is 0.213. The number of likely N-dealkylation sites (tertiary alicyclic amines) is 1. The third kappa shape index (κ3) is 10.6. The maximum absolute atomic E-state index is 14.0. The highest BCUT2D eigenvalue weighted by atomic mass is 35.5. The Hall–Kier alpha value is -2.60. The van der Waals surface area contributed by atoms with Crippen LogP contribution in [0.2, 0.25) is 15.9 Å². The molecule has 1 aliphatic heterocycles. The van der Waals surface area contributed by atoms with Crippen LogP contribution in [-0.4, -0.2) is 66.5 Å². The Labute approximate surface area is 262 Å². The molecule has 0 unspecified atom stereocenters. The van der Waals surface area contributed by atoms with E-state index in [2.05, 4.69) is 57.7 Å². The van der Waals surface area contributed by atoms with Gasteiger partial charge in [-0.15, -0.1) is 0 Å². The number of likely N-dealkylation sites (N-methyl/N-ethyl adjacent to an activating group) is 1. The molecule has 42 heavy (non-hydrogen) atoms. The monoisotopic (exact) mass is 640 g/mol. The third-order valence-electron chi connectivity index (χ3n) is 7.21. The average Bonchev–Trinajstić information content (AvgIpc) is 3.23. The van der Waals surface area contributed by atoms with Crippen LogP contribution >= 0.6 is 34.8 Å². The summed E-state index contributed by atoms with van der Waals surface area (Å²) >= 11 is 16.0. The second kappa shape index (κ2) is 16.9. The van der Waals surface area contributed by atoms with Crippen molar-refractivity contribution in [1.29, 1.82) is 0 Å². The first-order chi connectivity index (χ1) is 19.8. The standard InChI is InChI=1S/C24H36FN7.C3Cl3N3.CH4/c1-3-32-14-8-11-20(32)16-26-22-29-23(27-18-9-6-4-5-7-10-18)31-24(30-22)28-19-13-12-17(2)21(25)15-19;4-1-7-2(5)9-3(6)8-1;/h12-13,15,18,20H,3-11,14,16H2,1-2H3,(H3,26,27,28,29,30,31);;1H4/t20-;;/m1../s1. The molecule has 10 nitrogen and oxygen atoms in total. The first-order valence-corrected chi connectivity index (χ1v) is 15.2. The van der Waals surface area contributed by atoms with Crippen LogP contribution in [-0.2, 0) is 0 Å². The van der Waals surface area contributed by atoms with Gasteiger partial charge in [0.25, 0.3) is 0 Å². The number of nitrogens with one attached hydrogen (secondary N) is 3. The zero-order chi connectivity index (χ0) is 29.2. The van der Waals surface area contributed by atoms with Crippen molar-refractivity contribution in [1.82, 2.24) is 34.8 Å². The number of aromatic nitrogens is 6. The fourth-order valence-electron chi connectivity index (χ4n) is 5.04. The minimum atomic E-state index is -0.250. The number of nitrogens with zero attached hydrogens (tertiary/aromatic N) is 7. The highest BCUT2D eigenvalue weighted by Crippen LogP contribution is 2.23. The summed E-state index contributed by atoms with van der Waals surface area (Å²) in [5, 5.41) is 10.1. The topological polar surface area (TPSA) is 117 Å². The summed E-state index contributed by atoms with van der Waals surface area (Å²) in [7, 11) is 0. The SMILES string of the molecule is C.CCN1CCC[C@@H]1CNc1nc(Nc2ccc(C)c(F)c2)nc(NC2CCCCCC2)n1.Clc1nc(Cl)nc(Cl)n1. The summed E-state index contributed by atoms with van der Waals surface area (Å²) in [4.78, 5) is 26.7. The van der Waals surface area contributed by atoms with Crippen LogP contribution in [0, 0.1) is 12.7 Å². The van der Waals surface area contributed by atoms with Crippen molar-refractivity contribution in [3.05, 3.63) is 45.4 Å². The van der Waals surface area contributed by atoms with Crippen LogP contribution in [0.3, 0.4) is 0 Å². The number of rotatable bonds is 8. The highest BCUT2D eigenvalue weighted by molar-refractivity contribution is 6.33. The van der Waals surface area contributed by atoms with Gasteiger partial charge >= 0.3 is 0 Å². The lowest BCUT2D eigenvalue weighted by atomic mass is 10.1. The summed E-state index contributed by atoms with van der Waals surface area (Å²) < 4.78 is 14.0. The predicted molar refractivity (Wildman–Crippen MR) is 170 cm³/mol. The molecular weight excluding hydrogens is 602 g/mol. The highest BCUT2D eigenvalue weighted by Gasteiger charge is 2.23. The van der Waals surface area contributed by atoms with Gasteiger partial charge in [-0.05, 0) is 98.2 Å². The first-order valence-electron chi connectivity index (χ1n) is 14.1. The van der Waals surface area contributed by atoms with Gasteiger partial charge in [0.1, 0.15) is 5.82 Å². The van der Waals surface area contributed by atoms with Crippen molar-refractivity contribution >= 4 is 58.3 Å². The average molecular weight is 642 g/mol. The zero-order valence-corrected chi connectivity index (χ0v) is 25.6. The van der Waals surface area contributed by atoms with Crippen LogP contribution in [0.4, 0.5) is 27.9 Å². The molecule has 0 amide bonds. The van der Waals surface area contributed by atoms with E-state index in [1.54, 1.807) is 13.0 Å². The van der Waals surface area contributed by atoms with Crippen LogP contribution in [0.1, 0.15) is 71.3 Å².